The molecule has 3 heteroatoms. The van der Waals surface area contributed by atoms with Gasteiger partial charge < -0.3 is 0 Å². The Kier molecular flexibility index (Phi) is 2.62. The summed E-state index contributed by atoms with van der Waals surface area (Å²) in [6.45, 7) is 0. The fourth-order valence-electron chi connectivity index (χ4n) is 1.13. The fourth-order valence-corrected chi connectivity index (χ4v) is 1.98. The molecule has 1 nitrogen and oxygen atoms in total. The van der Waals surface area contributed by atoms with Gasteiger partial charge in [-0.25, -0.2) is 4.98 Å². The van der Waals surface area contributed by atoms with Crippen molar-refractivity contribution in [2.24, 2.45) is 0 Å². The Morgan fingerprint density at radius 2 is 2.23 bits per heavy atom. The van der Waals surface area contributed by atoms with Crippen LogP contribution in [0.25, 0.3) is 0 Å². The highest BCUT2D eigenvalue weighted by Gasteiger charge is 1.97. The van der Waals surface area contributed by atoms with Gasteiger partial charge in [-0.2, -0.15) is 0 Å². The van der Waals surface area contributed by atoms with Gasteiger partial charge in [-0.1, -0.05) is 23.7 Å². The lowest BCUT2D eigenvalue weighted by Gasteiger charge is -1.97. The van der Waals surface area contributed by atoms with Gasteiger partial charge in [-0.3, -0.25) is 0 Å². The van der Waals surface area contributed by atoms with Crippen LogP contribution in [0, 0.1) is 0 Å². The molecule has 0 radical (unpaired) electrons. The molecule has 0 saturated heterocycles. The van der Waals surface area contributed by atoms with E-state index in [9.17, 15) is 0 Å². The highest BCUT2D eigenvalue weighted by atomic mass is 35.5. The molecule has 0 saturated carbocycles. The first kappa shape index (κ1) is 8.73. The summed E-state index contributed by atoms with van der Waals surface area (Å²) in [6.07, 6.45) is 2.77. The minimum absolute atomic E-state index is 0.551. The fraction of sp³-hybridized carbons (Fsp3) is 0.100. The number of nitrogens with zero attached hydrogens (tertiary/aromatic N) is 1. The van der Waals surface area contributed by atoms with E-state index >= 15 is 0 Å². The van der Waals surface area contributed by atoms with E-state index in [1.54, 1.807) is 11.3 Å². The molecule has 0 aliphatic heterocycles. The van der Waals surface area contributed by atoms with Gasteiger partial charge in [0.15, 0.2) is 0 Å². The van der Waals surface area contributed by atoms with E-state index < -0.39 is 0 Å². The van der Waals surface area contributed by atoms with Crippen molar-refractivity contribution in [2.75, 3.05) is 0 Å². The summed E-state index contributed by atoms with van der Waals surface area (Å²) in [5, 5.41) is 2.63. The van der Waals surface area contributed by atoms with Gasteiger partial charge in [0.2, 0.25) is 0 Å². The number of halogens is 1. The van der Waals surface area contributed by atoms with Crippen LogP contribution in [-0.2, 0) is 6.42 Å². The minimum Gasteiger partial charge on any atom is -0.244 e. The van der Waals surface area contributed by atoms with Crippen LogP contribution < -0.4 is 0 Å². The van der Waals surface area contributed by atoms with Gasteiger partial charge >= 0.3 is 0 Å². The molecule has 2 aromatic heterocycles. The van der Waals surface area contributed by atoms with Crippen molar-refractivity contribution in [1.82, 2.24) is 4.98 Å². The predicted octanol–water partition coefficient (Wildman–Crippen LogP) is 3.39. The molecule has 2 heterocycles. The number of rotatable bonds is 2. The van der Waals surface area contributed by atoms with E-state index in [0.717, 1.165) is 6.42 Å². The summed E-state index contributed by atoms with van der Waals surface area (Å²) in [5.74, 6) is 0. The molecule has 0 unspecified atom stereocenters. The SMILES string of the molecule is Clc1ccc(Cc2cccs2)cn1. The van der Waals surface area contributed by atoms with Gasteiger partial charge in [0, 0.05) is 17.5 Å². The molecule has 0 atom stereocenters. The van der Waals surface area contributed by atoms with Crippen LogP contribution in [0.5, 0.6) is 0 Å². The van der Waals surface area contributed by atoms with Crippen LogP contribution in [0.1, 0.15) is 10.4 Å². The first-order chi connectivity index (χ1) is 6.34. The normalized spacial score (nSPS) is 10.2. The van der Waals surface area contributed by atoms with Crippen LogP contribution in [0.3, 0.4) is 0 Å². The van der Waals surface area contributed by atoms with Crippen LogP contribution in [0.2, 0.25) is 5.15 Å². The number of hydrogen-bond donors (Lipinski definition) is 0. The van der Waals surface area contributed by atoms with Crippen molar-refractivity contribution in [3.8, 4) is 0 Å². The minimum atomic E-state index is 0.551. The zero-order valence-electron chi connectivity index (χ0n) is 6.90. The number of aromatic nitrogens is 1. The van der Waals surface area contributed by atoms with E-state index in [1.165, 1.54) is 10.4 Å². The van der Waals surface area contributed by atoms with Crippen LogP contribution >= 0.6 is 22.9 Å². The lowest BCUT2D eigenvalue weighted by molar-refractivity contribution is 1.17. The summed E-state index contributed by atoms with van der Waals surface area (Å²) in [6, 6.07) is 8.02. The van der Waals surface area contributed by atoms with E-state index in [1.807, 2.05) is 18.3 Å². The van der Waals surface area contributed by atoms with Gasteiger partial charge in [0.25, 0.3) is 0 Å². The topological polar surface area (TPSA) is 12.9 Å². The second kappa shape index (κ2) is 3.90. The quantitative estimate of drug-likeness (QED) is 0.691. The van der Waals surface area contributed by atoms with Crippen molar-refractivity contribution in [3.63, 3.8) is 0 Å². The maximum Gasteiger partial charge on any atom is 0.129 e. The zero-order chi connectivity index (χ0) is 9.10. The molecule has 13 heavy (non-hydrogen) atoms. The van der Waals surface area contributed by atoms with Crippen LogP contribution in [0.15, 0.2) is 35.8 Å². The molecule has 2 rings (SSSR count). The summed E-state index contributed by atoms with van der Waals surface area (Å²) in [7, 11) is 0. The molecule has 2 aromatic rings. The third-order valence-electron chi connectivity index (χ3n) is 1.75. The largest absolute Gasteiger partial charge is 0.244 e. The summed E-state index contributed by atoms with van der Waals surface area (Å²) in [5.41, 5.74) is 1.20. The molecule has 0 bridgehead atoms. The predicted molar refractivity (Wildman–Crippen MR) is 56.4 cm³/mol. The monoisotopic (exact) mass is 209 g/mol. The Morgan fingerprint density at radius 3 is 2.85 bits per heavy atom. The average Bonchev–Trinajstić information content (AvgIpc) is 2.62. The third-order valence-corrected chi connectivity index (χ3v) is 2.85. The molecule has 0 amide bonds. The zero-order valence-corrected chi connectivity index (χ0v) is 8.48. The smallest absolute Gasteiger partial charge is 0.129 e. The molecular weight excluding hydrogens is 202 g/mol. The van der Waals surface area contributed by atoms with E-state index in [-0.39, 0.29) is 0 Å². The van der Waals surface area contributed by atoms with Crippen molar-refractivity contribution in [1.29, 1.82) is 0 Å². The average molecular weight is 210 g/mol. The molecule has 0 spiro atoms. The Bertz CT molecular complexity index is 366. The van der Waals surface area contributed by atoms with Crippen molar-refractivity contribution < 1.29 is 0 Å². The summed E-state index contributed by atoms with van der Waals surface area (Å²) in [4.78, 5) is 5.38. The highest BCUT2D eigenvalue weighted by Crippen LogP contribution is 2.15. The second-order valence-corrected chi connectivity index (χ2v) is 4.16. The van der Waals surface area contributed by atoms with E-state index in [4.69, 9.17) is 11.6 Å². The molecule has 0 aliphatic carbocycles. The summed E-state index contributed by atoms with van der Waals surface area (Å²) < 4.78 is 0. The van der Waals surface area contributed by atoms with Gasteiger partial charge in [0.05, 0.1) is 0 Å². The third kappa shape index (κ3) is 2.29. The Hall–Kier alpha value is -0.860. The maximum atomic E-state index is 5.69. The Balaban J connectivity index is 2.15. The van der Waals surface area contributed by atoms with Crippen LogP contribution in [-0.4, -0.2) is 4.98 Å². The lowest BCUT2D eigenvalue weighted by atomic mass is 10.2. The first-order valence-electron chi connectivity index (χ1n) is 3.97. The van der Waals surface area contributed by atoms with E-state index in [2.05, 4.69) is 22.5 Å². The molecule has 0 fully saturated rings. The van der Waals surface area contributed by atoms with Crippen molar-refractivity contribution in [3.05, 3.63) is 51.4 Å². The summed E-state index contributed by atoms with van der Waals surface area (Å²) >= 11 is 7.45. The van der Waals surface area contributed by atoms with Gasteiger partial charge in [0.1, 0.15) is 5.15 Å². The number of pyridine rings is 1. The highest BCUT2D eigenvalue weighted by molar-refractivity contribution is 7.09. The molecule has 0 N–H and O–H groups in total. The van der Waals surface area contributed by atoms with Gasteiger partial charge in [-0.05, 0) is 23.1 Å². The lowest BCUT2D eigenvalue weighted by Crippen LogP contribution is -1.85. The standard InChI is InChI=1S/C10H8ClNS/c11-10-4-3-8(7-12-10)6-9-2-1-5-13-9/h1-5,7H,6H2. The first-order valence-corrected chi connectivity index (χ1v) is 5.23. The maximum absolute atomic E-state index is 5.69. The van der Waals surface area contributed by atoms with Crippen molar-refractivity contribution in [2.45, 2.75) is 6.42 Å². The van der Waals surface area contributed by atoms with Gasteiger partial charge in [-0.15, -0.1) is 11.3 Å². The molecular formula is C10H8ClNS. The number of hydrogen-bond acceptors (Lipinski definition) is 2. The molecule has 0 aliphatic rings. The Labute approximate surface area is 86.0 Å². The second-order valence-electron chi connectivity index (χ2n) is 2.75. The molecule has 0 aromatic carbocycles. The van der Waals surface area contributed by atoms with E-state index in [0.29, 0.717) is 5.15 Å². The Morgan fingerprint density at radius 1 is 1.31 bits per heavy atom. The van der Waals surface area contributed by atoms with Crippen LogP contribution in [0.4, 0.5) is 0 Å². The number of thiophene rings is 1. The van der Waals surface area contributed by atoms with Crippen molar-refractivity contribution >= 4 is 22.9 Å². The molecule has 66 valence electrons.